The molecular formula is C25H39N5O3S. The van der Waals surface area contributed by atoms with Crippen molar-refractivity contribution >= 4 is 28.4 Å². The molecule has 0 spiro atoms. The van der Waals surface area contributed by atoms with Gasteiger partial charge in [0.15, 0.2) is 5.13 Å². The molecule has 2 heterocycles. The van der Waals surface area contributed by atoms with Gasteiger partial charge in [0, 0.05) is 49.5 Å². The molecule has 3 rings (SSSR count). The van der Waals surface area contributed by atoms with Crippen molar-refractivity contribution in [3.8, 4) is 11.3 Å². The van der Waals surface area contributed by atoms with Crippen LogP contribution in [0.25, 0.3) is 11.3 Å². The number of rotatable bonds is 10. The number of hydrogen-bond donors (Lipinski definition) is 3. The van der Waals surface area contributed by atoms with E-state index in [4.69, 9.17) is 14.5 Å². The second kappa shape index (κ2) is 12.4. The summed E-state index contributed by atoms with van der Waals surface area (Å²) in [5, 5.41) is 13.0. The van der Waals surface area contributed by atoms with E-state index in [0.717, 1.165) is 67.5 Å². The van der Waals surface area contributed by atoms with Gasteiger partial charge in [-0.1, -0.05) is 6.92 Å². The Bertz CT molecular complexity index is 906. The molecule has 1 aliphatic carbocycles. The molecule has 2 aromatic rings. The highest BCUT2D eigenvalue weighted by Crippen LogP contribution is 2.28. The Morgan fingerprint density at radius 2 is 1.97 bits per heavy atom. The van der Waals surface area contributed by atoms with Crippen molar-refractivity contribution in [1.29, 1.82) is 0 Å². The number of carbonyl (C=O) groups is 1. The Morgan fingerprint density at radius 1 is 1.24 bits per heavy atom. The van der Waals surface area contributed by atoms with Gasteiger partial charge in [-0.05, 0) is 70.9 Å². The van der Waals surface area contributed by atoms with E-state index in [-0.39, 0.29) is 12.1 Å². The van der Waals surface area contributed by atoms with Crippen molar-refractivity contribution in [1.82, 2.24) is 15.3 Å². The number of amides is 1. The number of hydrogen-bond acceptors (Lipinski definition) is 8. The third-order valence-corrected chi connectivity index (χ3v) is 6.58. The van der Waals surface area contributed by atoms with E-state index in [9.17, 15) is 4.79 Å². The lowest BCUT2D eigenvalue weighted by molar-refractivity contribution is 0.0492. The summed E-state index contributed by atoms with van der Waals surface area (Å²) < 4.78 is 10.5. The summed E-state index contributed by atoms with van der Waals surface area (Å²) in [6, 6.07) is 4.55. The van der Waals surface area contributed by atoms with E-state index in [1.54, 1.807) is 18.4 Å². The average molecular weight is 490 g/mol. The minimum Gasteiger partial charge on any atom is -0.444 e. The number of methoxy groups -OCH3 is 1. The number of nitrogens with zero attached hydrogens (tertiary/aromatic N) is 2. The molecule has 1 amide bonds. The third kappa shape index (κ3) is 8.76. The normalized spacial score (nSPS) is 19.3. The highest BCUT2D eigenvalue weighted by Gasteiger charge is 2.25. The highest BCUT2D eigenvalue weighted by atomic mass is 32.1. The molecule has 1 atom stereocenters. The highest BCUT2D eigenvalue weighted by molar-refractivity contribution is 7.14. The quantitative estimate of drug-likeness (QED) is 0.403. The molecule has 0 aliphatic heterocycles. The number of carbonyl (C=O) groups excluding carboxylic acids is 1. The zero-order valence-corrected chi connectivity index (χ0v) is 21.8. The number of nitrogens with one attached hydrogen (secondary N) is 3. The topological polar surface area (TPSA) is 97.4 Å². The smallest absolute Gasteiger partial charge is 0.407 e. The first-order chi connectivity index (χ1) is 16.2. The standard InChI is InChI=1S/C25H39N5O3S/c1-17(11-13-32-5)15-27-23-30-21(16-34-23)18-10-12-26-22(14-18)28-19-6-8-20(9-7-19)29-24(31)33-25(2,3)4/h10,12,14,16-17,19-20H,6-9,11,13,15H2,1-5H3,(H,26,28)(H,27,30)(H,29,31). The maximum absolute atomic E-state index is 12.0. The van der Waals surface area contributed by atoms with Crippen LogP contribution in [0.1, 0.15) is 59.8 Å². The molecule has 1 aliphatic rings. The Hall–Kier alpha value is -2.39. The third-order valence-electron chi connectivity index (χ3n) is 5.78. The van der Waals surface area contributed by atoms with Crippen LogP contribution < -0.4 is 16.0 Å². The summed E-state index contributed by atoms with van der Waals surface area (Å²) in [6.07, 6.45) is 6.30. The summed E-state index contributed by atoms with van der Waals surface area (Å²) in [4.78, 5) is 21.3. The van der Waals surface area contributed by atoms with Gasteiger partial charge in [-0.2, -0.15) is 0 Å². The van der Waals surface area contributed by atoms with Crippen LogP contribution in [-0.2, 0) is 9.47 Å². The fourth-order valence-electron chi connectivity index (χ4n) is 3.90. The van der Waals surface area contributed by atoms with Gasteiger partial charge >= 0.3 is 6.09 Å². The minimum atomic E-state index is -0.476. The van der Waals surface area contributed by atoms with Gasteiger partial charge in [-0.3, -0.25) is 0 Å². The Labute approximate surface area is 207 Å². The zero-order valence-electron chi connectivity index (χ0n) is 21.0. The summed E-state index contributed by atoms with van der Waals surface area (Å²) in [5.74, 6) is 1.38. The average Bonchev–Trinajstić information content (AvgIpc) is 3.26. The number of alkyl carbamates (subject to hydrolysis) is 1. The molecule has 3 N–H and O–H groups in total. The first-order valence-electron chi connectivity index (χ1n) is 12.1. The van der Waals surface area contributed by atoms with E-state index < -0.39 is 5.60 Å². The first kappa shape index (κ1) is 26.2. The molecule has 2 aromatic heterocycles. The number of anilines is 2. The van der Waals surface area contributed by atoms with E-state index in [2.05, 4.69) is 39.3 Å². The van der Waals surface area contributed by atoms with Crippen LogP contribution in [0.2, 0.25) is 0 Å². The predicted octanol–water partition coefficient (Wildman–Crippen LogP) is 5.54. The SMILES string of the molecule is COCCC(C)CNc1nc(-c2ccnc(NC3CCC(NC(=O)OC(C)(C)C)CC3)c2)cs1. The summed E-state index contributed by atoms with van der Waals surface area (Å²) in [6.45, 7) is 9.50. The molecule has 8 nitrogen and oxygen atoms in total. The van der Waals surface area contributed by atoms with E-state index in [1.807, 2.05) is 33.0 Å². The van der Waals surface area contributed by atoms with Gasteiger partial charge < -0.3 is 25.4 Å². The molecule has 9 heteroatoms. The second-order valence-corrected chi connectivity index (χ2v) is 10.9. The molecule has 0 bridgehead atoms. The maximum Gasteiger partial charge on any atom is 0.407 e. The summed E-state index contributed by atoms with van der Waals surface area (Å²) in [7, 11) is 1.74. The van der Waals surface area contributed by atoms with E-state index >= 15 is 0 Å². The minimum absolute atomic E-state index is 0.158. The lowest BCUT2D eigenvalue weighted by Gasteiger charge is -2.30. The van der Waals surface area contributed by atoms with Gasteiger partial charge in [0.25, 0.3) is 0 Å². The lowest BCUT2D eigenvalue weighted by atomic mass is 9.91. The number of thiazole rings is 1. The van der Waals surface area contributed by atoms with Crippen LogP contribution in [0.15, 0.2) is 23.7 Å². The second-order valence-electron chi connectivity index (χ2n) is 10.1. The molecule has 0 aromatic carbocycles. The molecular weight excluding hydrogens is 450 g/mol. The van der Waals surface area contributed by atoms with Crippen molar-refractivity contribution in [2.45, 2.75) is 77.5 Å². The van der Waals surface area contributed by atoms with Crippen molar-refractivity contribution in [3.05, 3.63) is 23.7 Å². The van der Waals surface area contributed by atoms with Crippen LogP contribution in [0, 0.1) is 5.92 Å². The Balaban J connectivity index is 1.47. The van der Waals surface area contributed by atoms with Gasteiger partial charge in [-0.15, -0.1) is 11.3 Å². The molecule has 1 saturated carbocycles. The van der Waals surface area contributed by atoms with Gasteiger partial charge in [-0.25, -0.2) is 14.8 Å². The zero-order chi connectivity index (χ0) is 24.6. The molecule has 34 heavy (non-hydrogen) atoms. The summed E-state index contributed by atoms with van der Waals surface area (Å²) >= 11 is 1.62. The Kier molecular flexibility index (Phi) is 9.53. The fraction of sp³-hybridized carbons (Fsp3) is 0.640. The van der Waals surface area contributed by atoms with Crippen LogP contribution in [0.5, 0.6) is 0 Å². The van der Waals surface area contributed by atoms with Gasteiger partial charge in [0.2, 0.25) is 0 Å². The first-order valence-corrected chi connectivity index (χ1v) is 13.0. The molecule has 1 fully saturated rings. The fourth-order valence-corrected chi connectivity index (χ4v) is 4.63. The van der Waals surface area contributed by atoms with Crippen LogP contribution in [-0.4, -0.2) is 54.0 Å². The van der Waals surface area contributed by atoms with Crippen LogP contribution in [0.3, 0.4) is 0 Å². The number of aromatic nitrogens is 2. The van der Waals surface area contributed by atoms with E-state index in [0.29, 0.717) is 12.0 Å². The number of ether oxygens (including phenoxy) is 2. The molecule has 0 saturated heterocycles. The van der Waals surface area contributed by atoms with Crippen LogP contribution in [0.4, 0.5) is 15.7 Å². The van der Waals surface area contributed by atoms with Crippen molar-refractivity contribution in [2.75, 3.05) is 30.9 Å². The molecule has 1 unspecified atom stereocenters. The largest absolute Gasteiger partial charge is 0.444 e. The summed E-state index contributed by atoms with van der Waals surface area (Å²) in [5.41, 5.74) is 1.53. The Morgan fingerprint density at radius 3 is 2.68 bits per heavy atom. The van der Waals surface area contributed by atoms with Gasteiger partial charge in [0.05, 0.1) is 5.69 Å². The lowest BCUT2D eigenvalue weighted by Crippen LogP contribution is -2.42. The van der Waals surface area contributed by atoms with Gasteiger partial charge in [0.1, 0.15) is 11.4 Å². The predicted molar refractivity (Wildman–Crippen MR) is 139 cm³/mol. The van der Waals surface area contributed by atoms with E-state index in [1.165, 1.54) is 0 Å². The van der Waals surface area contributed by atoms with Crippen molar-refractivity contribution in [3.63, 3.8) is 0 Å². The molecule has 0 radical (unpaired) electrons. The number of pyridine rings is 1. The van der Waals surface area contributed by atoms with Crippen molar-refractivity contribution < 1.29 is 14.3 Å². The van der Waals surface area contributed by atoms with Crippen molar-refractivity contribution in [2.24, 2.45) is 5.92 Å². The molecule has 188 valence electrons. The monoisotopic (exact) mass is 489 g/mol. The maximum atomic E-state index is 12.0. The van der Waals surface area contributed by atoms with Crippen LogP contribution >= 0.6 is 11.3 Å².